The van der Waals surface area contributed by atoms with Gasteiger partial charge < -0.3 is 15.0 Å². The van der Waals surface area contributed by atoms with E-state index in [-0.39, 0.29) is 17.9 Å². The van der Waals surface area contributed by atoms with E-state index in [0.717, 1.165) is 34.0 Å². The summed E-state index contributed by atoms with van der Waals surface area (Å²) in [6.45, 7) is 9.99. The lowest BCUT2D eigenvalue weighted by atomic mass is 9.92. The highest BCUT2D eigenvalue weighted by Gasteiger charge is 2.20. The van der Waals surface area contributed by atoms with Crippen molar-refractivity contribution in [2.24, 2.45) is 5.92 Å². The number of benzene rings is 3. The lowest BCUT2D eigenvalue weighted by Gasteiger charge is -2.23. The van der Waals surface area contributed by atoms with E-state index in [1.54, 1.807) is 0 Å². The van der Waals surface area contributed by atoms with Gasteiger partial charge in [0, 0.05) is 23.5 Å². The molecule has 0 fully saturated rings. The Balaban J connectivity index is 1.49. The zero-order valence-electron chi connectivity index (χ0n) is 22.6. The van der Waals surface area contributed by atoms with E-state index in [4.69, 9.17) is 4.74 Å². The van der Waals surface area contributed by atoms with E-state index in [1.807, 2.05) is 51.2 Å². The molecular formula is C32H38N2O3. The quantitative estimate of drug-likeness (QED) is 0.243. The number of ether oxygens (including phenoxy) is 1. The minimum atomic E-state index is -0.489. The number of carbonyl (C=O) groups excluding carboxylic acids is 2. The molecule has 4 aromatic rings. The molecule has 1 aromatic heterocycles. The lowest BCUT2D eigenvalue weighted by Crippen LogP contribution is -2.31. The van der Waals surface area contributed by atoms with Gasteiger partial charge in [0.05, 0.1) is 12.5 Å². The number of aromatic amines is 1. The molecule has 1 amide bonds. The monoisotopic (exact) mass is 498 g/mol. The zero-order chi connectivity index (χ0) is 26.6. The Hall–Kier alpha value is -3.60. The minimum absolute atomic E-state index is 0.00350. The number of nitrogens with one attached hydrogen (secondary N) is 2. The molecule has 5 heteroatoms. The van der Waals surface area contributed by atoms with Crippen LogP contribution in [0.3, 0.4) is 0 Å². The van der Waals surface area contributed by atoms with Crippen LogP contribution in [-0.2, 0) is 27.2 Å². The maximum Gasteiger partial charge on any atom is 0.306 e. The summed E-state index contributed by atoms with van der Waals surface area (Å²) in [7, 11) is 0. The van der Waals surface area contributed by atoms with Crippen molar-refractivity contribution in [2.45, 2.75) is 71.9 Å². The Morgan fingerprint density at radius 2 is 1.73 bits per heavy atom. The van der Waals surface area contributed by atoms with Crippen molar-refractivity contribution in [3.63, 3.8) is 0 Å². The van der Waals surface area contributed by atoms with Gasteiger partial charge in [-0.1, -0.05) is 62.4 Å². The van der Waals surface area contributed by atoms with E-state index < -0.39 is 5.60 Å². The van der Waals surface area contributed by atoms with Crippen molar-refractivity contribution >= 4 is 33.6 Å². The lowest BCUT2D eigenvalue weighted by molar-refractivity contribution is -0.154. The number of hydrogen-bond acceptors (Lipinski definition) is 3. The number of rotatable bonds is 9. The van der Waals surface area contributed by atoms with Gasteiger partial charge in [0.2, 0.25) is 5.91 Å². The van der Waals surface area contributed by atoms with Gasteiger partial charge >= 0.3 is 5.97 Å². The van der Waals surface area contributed by atoms with Crippen molar-refractivity contribution in [3.05, 3.63) is 83.6 Å². The molecule has 1 atom stereocenters. The summed E-state index contributed by atoms with van der Waals surface area (Å²) in [5, 5.41) is 6.72. The van der Waals surface area contributed by atoms with Gasteiger partial charge in [-0.25, -0.2) is 0 Å². The second-order valence-electron chi connectivity index (χ2n) is 11.3. The highest BCUT2D eigenvalue weighted by molar-refractivity contribution is 5.88. The van der Waals surface area contributed by atoms with Crippen LogP contribution >= 0.6 is 0 Å². The first-order chi connectivity index (χ1) is 17.6. The number of amides is 1. The van der Waals surface area contributed by atoms with Gasteiger partial charge in [0.15, 0.2) is 0 Å². The number of carbonyl (C=O) groups is 2. The number of hydrogen-bond donors (Lipinski definition) is 2. The molecule has 0 radical (unpaired) electrons. The van der Waals surface area contributed by atoms with E-state index in [1.165, 1.54) is 10.8 Å². The van der Waals surface area contributed by atoms with Crippen molar-refractivity contribution in [1.29, 1.82) is 0 Å². The molecule has 0 spiro atoms. The Bertz CT molecular complexity index is 1390. The molecule has 1 unspecified atom stereocenters. The highest BCUT2D eigenvalue weighted by Crippen LogP contribution is 2.29. The SMILES string of the molecule is CC(C)CC(NC(=O)Cc1ccc2[nH]cc(CCC(=O)OC(C)(C)C)c2c1)c1cccc2ccccc12. The third kappa shape index (κ3) is 7.00. The molecule has 0 aliphatic heterocycles. The van der Waals surface area contributed by atoms with Crippen LogP contribution in [0.2, 0.25) is 0 Å². The Labute approximate surface area is 219 Å². The number of fused-ring (bicyclic) bond motifs is 2. The second kappa shape index (κ2) is 11.2. The molecule has 0 aliphatic carbocycles. The molecule has 4 rings (SSSR count). The molecule has 0 aliphatic rings. The third-order valence-corrected chi connectivity index (χ3v) is 6.46. The van der Waals surface area contributed by atoms with Gasteiger partial charge in [-0.15, -0.1) is 0 Å². The highest BCUT2D eigenvalue weighted by atomic mass is 16.6. The van der Waals surface area contributed by atoms with Gasteiger partial charge in [0.1, 0.15) is 5.60 Å². The minimum Gasteiger partial charge on any atom is -0.460 e. The van der Waals surface area contributed by atoms with Crippen LogP contribution in [0.4, 0.5) is 0 Å². The van der Waals surface area contributed by atoms with E-state index >= 15 is 0 Å². The van der Waals surface area contributed by atoms with Crippen LogP contribution in [-0.4, -0.2) is 22.5 Å². The van der Waals surface area contributed by atoms with Crippen LogP contribution in [0, 0.1) is 5.92 Å². The number of esters is 1. The average Bonchev–Trinajstić information content (AvgIpc) is 3.23. The first kappa shape index (κ1) is 26.5. The van der Waals surface area contributed by atoms with Crippen LogP contribution in [0.1, 0.15) is 70.2 Å². The van der Waals surface area contributed by atoms with Crippen molar-refractivity contribution in [1.82, 2.24) is 10.3 Å². The van der Waals surface area contributed by atoms with Crippen LogP contribution < -0.4 is 5.32 Å². The third-order valence-electron chi connectivity index (χ3n) is 6.46. The van der Waals surface area contributed by atoms with Gasteiger partial charge in [0.25, 0.3) is 0 Å². The first-order valence-electron chi connectivity index (χ1n) is 13.2. The summed E-state index contributed by atoms with van der Waals surface area (Å²) in [4.78, 5) is 28.7. The standard InChI is InChI=1S/C32H38N2O3/c1-21(2)17-29(26-12-8-10-23-9-6-7-11-25(23)26)34-30(35)19-22-13-15-28-27(18-22)24(20-33-28)14-16-31(36)37-32(3,4)5/h6-13,15,18,20-21,29,33H,14,16-17,19H2,1-5H3,(H,34,35). The predicted octanol–water partition coefficient (Wildman–Crippen LogP) is 7.04. The van der Waals surface area contributed by atoms with Gasteiger partial charge in [-0.3, -0.25) is 9.59 Å². The fourth-order valence-corrected chi connectivity index (χ4v) is 4.89. The maximum atomic E-state index is 13.2. The summed E-state index contributed by atoms with van der Waals surface area (Å²) in [6, 6.07) is 20.6. The Morgan fingerprint density at radius 1 is 0.973 bits per heavy atom. The summed E-state index contributed by atoms with van der Waals surface area (Å²) in [6.07, 6.45) is 4.01. The fourth-order valence-electron chi connectivity index (χ4n) is 4.89. The molecular weight excluding hydrogens is 460 g/mol. The maximum absolute atomic E-state index is 13.2. The first-order valence-corrected chi connectivity index (χ1v) is 13.2. The topological polar surface area (TPSA) is 71.2 Å². The van der Waals surface area contributed by atoms with Crippen LogP contribution in [0.5, 0.6) is 0 Å². The smallest absolute Gasteiger partial charge is 0.306 e. The Morgan fingerprint density at radius 3 is 2.49 bits per heavy atom. The summed E-state index contributed by atoms with van der Waals surface area (Å²) in [5.41, 5.74) is 3.67. The molecule has 0 saturated carbocycles. The Kier molecular flexibility index (Phi) is 8.01. The molecule has 194 valence electrons. The van der Waals surface area contributed by atoms with E-state index in [2.05, 4.69) is 60.5 Å². The van der Waals surface area contributed by atoms with Crippen LogP contribution in [0.15, 0.2) is 66.9 Å². The summed E-state index contributed by atoms with van der Waals surface area (Å²) < 4.78 is 5.45. The molecule has 0 bridgehead atoms. The molecule has 0 saturated heterocycles. The van der Waals surface area contributed by atoms with Gasteiger partial charge in [-0.05, 0) is 79.1 Å². The normalized spacial score (nSPS) is 12.7. The number of aromatic nitrogens is 1. The predicted molar refractivity (Wildman–Crippen MR) is 150 cm³/mol. The molecule has 3 aromatic carbocycles. The van der Waals surface area contributed by atoms with Crippen LogP contribution in [0.25, 0.3) is 21.7 Å². The molecule has 1 heterocycles. The van der Waals surface area contributed by atoms with Crippen molar-refractivity contribution in [2.75, 3.05) is 0 Å². The van der Waals surface area contributed by atoms with E-state index in [9.17, 15) is 9.59 Å². The largest absolute Gasteiger partial charge is 0.460 e. The van der Waals surface area contributed by atoms with Gasteiger partial charge in [-0.2, -0.15) is 0 Å². The number of aryl methyl sites for hydroxylation is 1. The average molecular weight is 499 g/mol. The van der Waals surface area contributed by atoms with E-state index in [0.29, 0.717) is 25.2 Å². The molecule has 5 nitrogen and oxygen atoms in total. The summed E-state index contributed by atoms with van der Waals surface area (Å²) >= 11 is 0. The van der Waals surface area contributed by atoms with Crippen molar-refractivity contribution in [3.8, 4) is 0 Å². The zero-order valence-corrected chi connectivity index (χ0v) is 22.6. The molecule has 37 heavy (non-hydrogen) atoms. The van der Waals surface area contributed by atoms with Crippen molar-refractivity contribution < 1.29 is 14.3 Å². The fraction of sp³-hybridized carbons (Fsp3) is 0.375. The summed E-state index contributed by atoms with van der Waals surface area (Å²) in [5.74, 6) is 0.235. The molecule has 2 N–H and O–H groups in total. The second-order valence-corrected chi connectivity index (χ2v) is 11.3. The number of H-pyrrole nitrogens is 1.